The number of imidazole rings is 1. The van der Waals surface area contributed by atoms with Gasteiger partial charge in [-0.3, -0.25) is 4.57 Å². The summed E-state index contributed by atoms with van der Waals surface area (Å²) in [6.45, 7) is 7.81. The first-order chi connectivity index (χ1) is 19.0. The van der Waals surface area contributed by atoms with E-state index in [0.717, 1.165) is 52.0 Å². The zero-order chi connectivity index (χ0) is 27.2. The number of aromatic nitrogens is 4. The van der Waals surface area contributed by atoms with Crippen molar-refractivity contribution in [2.24, 2.45) is 5.92 Å². The maximum Gasteiger partial charge on any atom is 0.296 e. The van der Waals surface area contributed by atoms with Crippen LogP contribution >= 0.6 is 0 Å². The third-order valence-corrected chi connectivity index (χ3v) is 7.83. The molecule has 0 atom stereocenters. The molecule has 1 aromatic carbocycles. The molecule has 2 aliphatic rings. The van der Waals surface area contributed by atoms with Crippen LogP contribution in [0.4, 0.5) is 20.5 Å². The molecule has 0 amide bonds. The summed E-state index contributed by atoms with van der Waals surface area (Å²) in [6.07, 6.45) is 1.79. The van der Waals surface area contributed by atoms with Crippen molar-refractivity contribution in [1.29, 1.82) is 0 Å². The van der Waals surface area contributed by atoms with Crippen molar-refractivity contribution >= 4 is 22.8 Å². The molecule has 1 saturated heterocycles. The van der Waals surface area contributed by atoms with Gasteiger partial charge in [0.15, 0.2) is 5.82 Å². The predicted octanol–water partition coefficient (Wildman–Crippen LogP) is 4.53. The molecule has 0 spiro atoms. The Kier molecular flexibility index (Phi) is 9.21. The summed E-state index contributed by atoms with van der Waals surface area (Å²) < 4.78 is 40.7. The van der Waals surface area contributed by atoms with Gasteiger partial charge in [-0.1, -0.05) is 12.1 Å². The van der Waals surface area contributed by atoms with E-state index in [0.29, 0.717) is 66.9 Å². The minimum atomic E-state index is -2.74. The Balaban J connectivity index is 1.34. The number of nitrogens with one attached hydrogen (secondary N) is 1. The number of nitrogens with zero attached hydrogens (tertiary/aromatic N) is 6. The van der Waals surface area contributed by atoms with Gasteiger partial charge in [-0.15, -0.1) is 0 Å². The number of morpholine rings is 1. The number of anilines is 2. The molecule has 11 heteroatoms. The van der Waals surface area contributed by atoms with Crippen LogP contribution in [-0.2, 0) is 9.47 Å². The van der Waals surface area contributed by atoms with Gasteiger partial charge in [0, 0.05) is 44.9 Å². The lowest BCUT2D eigenvalue weighted by atomic mass is 9.85. The van der Waals surface area contributed by atoms with E-state index in [9.17, 15) is 8.78 Å². The number of ether oxygens (including phenoxy) is 2. The SMILES string of the molecule is CCOCCN(C)[C@H]1CC[C@H](CNc2nc(N3CCOCC3)cc(-n3c(C(F)F)nc4ccccc43)n2)CC1. The van der Waals surface area contributed by atoms with Crippen molar-refractivity contribution in [3.63, 3.8) is 0 Å². The zero-order valence-electron chi connectivity index (χ0n) is 22.9. The highest BCUT2D eigenvalue weighted by molar-refractivity contribution is 5.78. The van der Waals surface area contributed by atoms with E-state index >= 15 is 0 Å². The molecule has 0 radical (unpaired) electrons. The number of halogens is 2. The zero-order valence-corrected chi connectivity index (χ0v) is 22.9. The second kappa shape index (κ2) is 13.0. The van der Waals surface area contributed by atoms with E-state index in [1.807, 2.05) is 13.0 Å². The second-order valence-electron chi connectivity index (χ2n) is 10.3. The first-order valence-electron chi connectivity index (χ1n) is 14.0. The molecule has 39 heavy (non-hydrogen) atoms. The third-order valence-electron chi connectivity index (χ3n) is 7.83. The number of alkyl halides is 2. The Labute approximate surface area is 228 Å². The van der Waals surface area contributed by atoms with Crippen LogP contribution in [0.5, 0.6) is 0 Å². The van der Waals surface area contributed by atoms with Crippen LogP contribution in [-0.4, -0.2) is 90.1 Å². The molecule has 2 aromatic heterocycles. The Morgan fingerprint density at radius 3 is 2.56 bits per heavy atom. The first kappa shape index (κ1) is 27.7. The minimum Gasteiger partial charge on any atom is -0.380 e. The highest BCUT2D eigenvalue weighted by Crippen LogP contribution is 2.30. The summed E-state index contributed by atoms with van der Waals surface area (Å²) in [6, 6.07) is 9.51. The monoisotopic (exact) mass is 543 g/mol. The highest BCUT2D eigenvalue weighted by Gasteiger charge is 2.26. The molecule has 1 aliphatic carbocycles. The highest BCUT2D eigenvalue weighted by atomic mass is 19.3. The minimum absolute atomic E-state index is 0.319. The number of hydrogen-bond donors (Lipinski definition) is 1. The Bertz CT molecular complexity index is 1210. The normalized spacial score (nSPS) is 20.3. The van der Waals surface area contributed by atoms with Gasteiger partial charge in [-0.25, -0.2) is 13.8 Å². The lowest BCUT2D eigenvalue weighted by molar-refractivity contribution is 0.0923. The molecule has 1 N–H and O–H groups in total. The van der Waals surface area contributed by atoms with Crippen LogP contribution in [0.15, 0.2) is 30.3 Å². The maximum atomic E-state index is 14.1. The summed E-state index contributed by atoms with van der Waals surface area (Å²) in [5.74, 6) is 1.72. The van der Waals surface area contributed by atoms with Gasteiger partial charge < -0.3 is 24.6 Å². The van der Waals surface area contributed by atoms with Gasteiger partial charge in [0.05, 0.1) is 30.9 Å². The third kappa shape index (κ3) is 6.64. The van der Waals surface area contributed by atoms with E-state index in [1.165, 1.54) is 4.57 Å². The van der Waals surface area contributed by atoms with Crippen LogP contribution in [0.3, 0.4) is 0 Å². The van der Waals surface area contributed by atoms with Crippen molar-refractivity contribution in [2.75, 3.05) is 69.9 Å². The van der Waals surface area contributed by atoms with Crippen LogP contribution in [0.1, 0.15) is 44.9 Å². The van der Waals surface area contributed by atoms with Crippen molar-refractivity contribution in [1.82, 2.24) is 24.4 Å². The summed E-state index contributed by atoms with van der Waals surface area (Å²) in [5, 5.41) is 3.44. The second-order valence-corrected chi connectivity index (χ2v) is 10.3. The number of likely N-dealkylation sites (N-methyl/N-ethyl adjacent to an activating group) is 1. The summed E-state index contributed by atoms with van der Waals surface area (Å²) in [4.78, 5) is 18.3. The molecule has 2 fully saturated rings. The molecular formula is C28H39F2N7O2. The molecule has 0 unspecified atom stereocenters. The number of benzene rings is 1. The summed E-state index contributed by atoms with van der Waals surface area (Å²) in [5.41, 5.74) is 1.11. The molecular weight excluding hydrogens is 504 g/mol. The first-order valence-corrected chi connectivity index (χ1v) is 14.0. The number of para-hydroxylation sites is 2. The van der Waals surface area contributed by atoms with Crippen LogP contribution in [0.25, 0.3) is 16.9 Å². The summed E-state index contributed by atoms with van der Waals surface area (Å²) >= 11 is 0. The molecule has 212 valence electrons. The van der Waals surface area contributed by atoms with E-state index in [2.05, 4.69) is 27.1 Å². The topological polar surface area (TPSA) is 80.6 Å². The fourth-order valence-electron chi connectivity index (χ4n) is 5.56. The number of hydrogen-bond acceptors (Lipinski definition) is 8. The standard InChI is InChI=1S/C28H39F2N7O2/c1-3-38-15-12-35(2)21-10-8-20(9-11-21)19-31-28-33-24(36-13-16-39-17-14-36)18-25(34-28)37-23-7-5-4-6-22(23)32-27(37)26(29)30/h4-7,18,20-21,26H,3,8-17,19H2,1-2H3,(H,31,33,34)/t20-,21-. The molecule has 9 nitrogen and oxygen atoms in total. The van der Waals surface area contributed by atoms with E-state index in [4.69, 9.17) is 19.4 Å². The van der Waals surface area contributed by atoms with Gasteiger partial charge in [0.1, 0.15) is 11.6 Å². The van der Waals surface area contributed by atoms with Crippen molar-refractivity contribution in [3.05, 3.63) is 36.2 Å². The molecule has 5 rings (SSSR count). The van der Waals surface area contributed by atoms with Gasteiger partial charge >= 0.3 is 0 Å². The van der Waals surface area contributed by atoms with Crippen molar-refractivity contribution < 1.29 is 18.3 Å². The van der Waals surface area contributed by atoms with Crippen molar-refractivity contribution in [3.8, 4) is 5.82 Å². The average Bonchev–Trinajstić information content (AvgIpc) is 3.37. The van der Waals surface area contributed by atoms with E-state index < -0.39 is 6.43 Å². The number of fused-ring (bicyclic) bond motifs is 1. The quantitative estimate of drug-likeness (QED) is 0.354. The summed E-state index contributed by atoms with van der Waals surface area (Å²) in [7, 11) is 2.18. The number of rotatable bonds is 11. The fourth-order valence-corrected chi connectivity index (χ4v) is 5.56. The van der Waals surface area contributed by atoms with Gasteiger partial charge in [0.25, 0.3) is 6.43 Å². The van der Waals surface area contributed by atoms with Gasteiger partial charge in [0.2, 0.25) is 5.95 Å². The molecule has 3 aromatic rings. The maximum absolute atomic E-state index is 14.1. The lowest BCUT2D eigenvalue weighted by Crippen LogP contribution is -2.38. The van der Waals surface area contributed by atoms with Crippen LogP contribution < -0.4 is 10.2 Å². The van der Waals surface area contributed by atoms with Crippen LogP contribution in [0, 0.1) is 5.92 Å². The van der Waals surface area contributed by atoms with Gasteiger partial charge in [-0.05, 0) is 57.7 Å². The van der Waals surface area contributed by atoms with Gasteiger partial charge in [-0.2, -0.15) is 9.97 Å². The fraction of sp³-hybridized carbons (Fsp3) is 0.607. The average molecular weight is 544 g/mol. The smallest absolute Gasteiger partial charge is 0.296 e. The van der Waals surface area contributed by atoms with Crippen molar-refractivity contribution in [2.45, 2.75) is 45.1 Å². The Morgan fingerprint density at radius 1 is 1.08 bits per heavy atom. The molecule has 0 bridgehead atoms. The molecule has 3 heterocycles. The Hall–Kier alpha value is -2.89. The van der Waals surface area contributed by atoms with E-state index in [1.54, 1.807) is 24.3 Å². The largest absolute Gasteiger partial charge is 0.380 e. The molecule has 1 aliphatic heterocycles. The Morgan fingerprint density at radius 2 is 1.82 bits per heavy atom. The lowest BCUT2D eigenvalue weighted by Gasteiger charge is -2.34. The van der Waals surface area contributed by atoms with E-state index in [-0.39, 0.29) is 5.82 Å². The predicted molar refractivity (Wildman–Crippen MR) is 148 cm³/mol. The molecule has 1 saturated carbocycles. The van der Waals surface area contributed by atoms with Crippen LogP contribution in [0.2, 0.25) is 0 Å².